The van der Waals surface area contributed by atoms with E-state index in [1.165, 1.54) is 0 Å². The third-order valence-electron chi connectivity index (χ3n) is 7.86. The Morgan fingerprint density at radius 1 is 0.537 bits per heavy atom. The molecule has 3 aromatic rings. The highest BCUT2D eigenvalue weighted by atomic mass is 16.5. The lowest BCUT2D eigenvalue weighted by Crippen LogP contribution is -2.12. The number of rotatable bonds is 15. The second-order valence-corrected chi connectivity index (χ2v) is 10.4. The SMILES string of the molecule is CCOCc1cc(C(c2cc(CC)c(O)c(CC)c2)c2cc(COCC)c(O)c(CC)c2C)cc(COCC)c1O. The van der Waals surface area contributed by atoms with Gasteiger partial charge in [0, 0.05) is 42.4 Å². The molecule has 224 valence electrons. The van der Waals surface area contributed by atoms with E-state index in [4.69, 9.17) is 14.2 Å². The largest absolute Gasteiger partial charge is 0.507 e. The van der Waals surface area contributed by atoms with E-state index in [0.717, 1.165) is 44.5 Å². The van der Waals surface area contributed by atoms with Crippen LogP contribution in [0.15, 0.2) is 30.3 Å². The van der Waals surface area contributed by atoms with Crippen LogP contribution in [0.4, 0.5) is 0 Å². The first-order valence-corrected chi connectivity index (χ1v) is 15.0. The molecule has 0 spiro atoms. The molecular formula is C35H48O6. The molecule has 0 aromatic heterocycles. The van der Waals surface area contributed by atoms with Crippen LogP contribution in [0.25, 0.3) is 0 Å². The number of hydrogen-bond donors (Lipinski definition) is 3. The number of aryl methyl sites for hydroxylation is 2. The number of ether oxygens (including phenoxy) is 3. The van der Waals surface area contributed by atoms with Crippen LogP contribution in [0.3, 0.4) is 0 Å². The van der Waals surface area contributed by atoms with Crippen molar-refractivity contribution in [3.8, 4) is 17.2 Å². The molecule has 0 radical (unpaired) electrons. The quantitative estimate of drug-likeness (QED) is 0.165. The predicted octanol–water partition coefficient (Wildman–Crippen LogP) is 7.59. The van der Waals surface area contributed by atoms with E-state index < -0.39 is 0 Å². The molecule has 3 aromatic carbocycles. The molecule has 0 fully saturated rings. The second-order valence-electron chi connectivity index (χ2n) is 10.4. The van der Waals surface area contributed by atoms with Crippen LogP contribution in [0.5, 0.6) is 17.2 Å². The maximum absolute atomic E-state index is 11.2. The van der Waals surface area contributed by atoms with Crippen LogP contribution < -0.4 is 0 Å². The van der Waals surface area contributed by atoms with Crippen molar-refractivity contribution in [1.82, 2.24) is 0 Å². The van der Waals surface area contributed by atoms with Crippen molar-refractivity contribution in [2.75, 3.05) is 19.8 Å². The fraction of sp³-hybridized carbons (Fsp3) is 0.486. The maximum atomic E-state index is 11.2. The van der Waals surface area contributed by atoms with Gasteiger partial charge in [-0.3, -0.25) is 0 Å². The van der Waals surface area contributed by atoms with E-state index in [1.54, 1.807) is 0 Å². The van der Waals surface area contributed by atoms with E-state index >= 15 is 0 Å². The highest BCUT2D eigenvalue weighted by Gasteiger charge is 2.27. The van der Waals surface area contributed by atoms with Crippen LogP contribution in [0.1, 0.15) is 103 Å². The minimum absolute atomic E-state index is 0.192. The number of benzene rings is 3. The predicted molar refractivity (Wildman–Crippen MR) is 164 cm³/mol. The summed E-state index contributed by atoms with van der Waals surface area (Å²) in [7, 11) is 0. The maximum Gasteiger partial charge on any atom is 0.126 e. The number of phenolic OH excluding ortho intramolecular Hbond substituents is 3. The molecule has 0 aliphatic heterocycles. The Hall–Kier alpha value is -3.06. The molecule has 0 saturated heterocycles. The molecule has 3 N–H and O–H groups in total. The van der Waals surface area contributed by atoms with Crippen molar-refractivity contribution in [3.63, 3.8) is 0 Å². The van der Waals surface area contributed by atoms with E-state index in [2.05, 4.69) is 45.9 Å². The van der Waals surface area contributed by atoms with Crippen molar-refractivity contribution < 1.29 is 29.5 Å². The normalized spacial score (nSPS) is 12.2. The average molecular weight is 565 g/mol. The van der Waals surface area contributed by atoms with Crippen LogP contribution in [-0.2, 0) is 53.3 Å². The van der Waals surface area contributed by atoms with Gasteiger partial charge in [0.1, 0.15) is 17.2 Å². The molecule has 0 heterocycles. The van der Waals surface area contributed by atoms with E-state index in [9.17, 15) is 15.3 Å². The Morgan fingerprint density at radius 3 is 1.32 bits per heavy atom. The molecule has 0 aliphatic rings. The molecule has 0 bridgehead atoms. The highest BCUT2D eigenvalue weighted by Crippen LogP contribution is 2.43. The Bertz CT molecular complexity index is 1260. The van der Waals surface area contributed by atoms with E-state index in [0.29, 0.717) is 62.6 Å². The third kappa shape index (κ3) is 7.24. The van der Waals surface area contributed by atoms with Gasteiger partial charge in [0.15, 0.2) is 0 Å². The first kappa shape index (κ1) is 32.5. The van der Waals surface area contributed by atoms with Crippen LogP contribution in [0.2, 0.25) is 0 Å². The van der Waals surface area contributed by atoms with Crippen LogP contribution in [-0.4, -0.2) is 35.1 Å². The van der Waals surface area contributed by atoms with Gasteiger partial charge in [0.2, 0.25) is 0 Å². The number of hydrogen-bond acceptors (Lipinski definition) is 6. The zero-order valence-corrected chi connectivity index (χ0v) is 25.9. The third-order valence-corrected chi connectivity index (χ3v) is 7.86. The highest BCUT2D eigenvalue weighted by molar-refractivity contribution is 5.59. The minimum atomic E-state index is -0.237. The van der Waals surface area contributed by atoms with Crippen LogP contribution >= 0.6 is 0 Å². The Kier molecular flexibility index (Phi) is 12.1. The molecule has 6 nitrogen and oxygen atoms in total. The van der Waals surface area contributed by atoms with Gasteiger partial charge in [-0.2, -0.15) is 0 Å². The number of phenols is 3. The lowest BCUT2D eigenvalue weighted by atomic mass is 9.78. The van der Waals surface area contributed by atoms with Gasteiger partial charge in [0.05, 0.1) is 19.8 Å². The fourth-order valence-corrected chi connectivity index (χ4v) is 5.61. The molecule has 1 atom stereocenters. The van der Waals surface area contributed by atoms with Crippen molar-refractivity contribution in [2.45, 2.75) is 93.5 Å². The molecule has 0 amide bonds. The summed E-state index contributed by atoms with van der Waals surface area (Å²) in [6.07, 6.45) is 2.07. The second kappa shape index (κ2) is 15.2. The zero-order valence-electron chi connectivity index (χ0n) is 25.9. The summed E-state index contributed by atoms with van der Waals surface area (Å²) < 4.78 is 17.3. The summed E-state index contributed by atoms with van der Waals surface area (Å²) in [5, 5.41) is 33.3. The Morgan fingerprint density at radius 2 is 0.927 bits per heavy atom. The smallest absolute Gasteiger partial charge is 0.126 e. The zero-order chi connectivity index (χ0) is 30.1. The lowest BCUT2D eigenvalue weighted by molar-refractivity contribution is 0.126. The van der Waals surface area contributed by atoms with Gasteiger partial charge in [-0.15, -0.1) is 0 Å². The first-order chi connectivity index (χ1) is 19.8. The van der Waals surface area contributed by atoms with Crippen molar-refractivity contribution in [3.05, 3.63) is 86.0 Å². The van der Waals surface area contributed by atoms with Crippen LogP contribution in [0, 0.1) is 6.92 Å². The summed E-state index contributed by atoms with van der Waals surface area (Å²) in [6, 6.07) is 10.3. The molecule has 0 aliphatic carbocycles. The van der Waals surface area contributed by atoms with Gasteiger partial charge < -0.3 is 29.5 Å². The minimum Gasteiger partial charge on any atom is -0.507 e. The summed E-state index contributed by atoms with van der Waals surface area (Å²) in [6.45, 7) is 16.5. The molecule has 1 unspecified atom stereocenters. The molecule has 3 rings (SSSR count). The molecule has 0 saturated carbocycles. The molecule has 41 heavy (non-hydrogen) atoms. The van der Waals surface area contributed by atoms with E-state index in [1.807, 2.05) is 32.9 Å². The molecular weight excluding hydrogens is 516 g/mol. The summed E-state index contributed by atoms with van der Waals surface area (Å²) in [5.74, 6) is 0.594. The monoisotopic (exact) mass is 564 g/mol. The Balaban J connectivity index is 2.43. The van der Waals surface area contributed by atoms with Gasteiger partial charge in [-0.25, -0.2) is 0 Å². The van der Waals surface area contributed by atoms with Gasteiger partial charge in [0.25, 0.3) is 0 Å². The van der Waals surface area contributed by atoms with Gasteiger partial charge >= 0.3 is 0 Å². The topological polar surface area (TPSA) is 88.4 Å². The fourth-order valence-electron chi connectivity index (χ4n) is 5.61. The summed E-state index contributed by atoms with van der Waals surface area (Å²) >= 11 is 0. The van der Waals surface area contributed by atoms with Gasteiger partial charge in [-0.1, -0.05) is 32.9 Å². The average Bonchev–Trinajstić information content (AvgIpc) is 2.97. The standard InChI is InChI=1S/C35H48O6/c1-8-23-14-25(15-24(9-2)33(23)36)32(31-18-29(21-41-13-6)35(38)30(10-3)22(31)7)26-16-27(19-39-11-4)34(37)28(17-26)20-40-12-5/h14-18,32,36-38H,8-13,19-21H2,1-7H3. The van der Waals surface area contributed by atoms with E-state index in [-0.39, 0.29) is 30.6 Å². The Labute approximate surface area is 245 Å². The van der Waals surface area contributed by atoms with Crippen molar-refractivity contribution >= 4 is 0 Å². The van der Waals surface area contributed by atoms with Crippen molar-refractivity contribution in [1.29, 1.82) is 0 Å². The van der Waals surface area contributed by atoms with Crippen molar-refractivity contribution in [2.24, 2.45) is 0 Å². The molecule has 6 heteroatoms. The lowest BCUT2D eigenvalue weighted by Gasteiger charge is -2.27. The number of aromatic hydroxyl groups is 3. The first-order valence-electron chi connectivity index (χ1n) is 15.0. The van der Waals surface area contributed by atoms with Gasteiger partial charge in [-0.05, 0) is 104 Å². The summed E-state index contributed by atoms with van der Waals surface area (Å²) in [5.41, 5.74) is 8.96. The summed E-state index contributed by atoms with van der Waals surface area (Å²) in [4.78, 5) is 0.